The molecule has 0 spiro atoms. The fourth-order valence-corrected chi connectivity index (χ4v) is 1.10. The van der Waals surface area contributed by atoms with E-state index in [-0.39, 0.29) is 11.4 Å². The minimum atomic E-state index is -4.48. The quantitative estimate of drug-likeness (QED) is 0.837. The summed E-state index contributed by atoms with van der Waals surface area (Å²) in [6.45, 7) is 0. The highest BCUT2D eigenvalue weighted by Gasteiger charge is 2.33. The van der Waals surface area contributed by atoms with E-state index in [9.17, 15) is 18.0 Å². The molecule has 1 rings (SSSR count). The van der Waals surface area contributed by atoms with Crippen LogP contribution in [0.4, 0.5) is 18.9 Å². The molecule has 81 valence electrons. The summed E-state index contributed by atoms with van der Waals surface area (Å²) in [5.74, 6) is -0.895. The number of hydrogen-bond donors (Lipinski definition) is 1. The first-order valence-electron chi connectivity index (χ1n) is 3.99. The van der Waals surface area contributed by atoms with Gasteiger partial charge in [-0.3, -0.25) is 4.79 Å². The van der Waals surface area contributed by atoms with Crippen LogP contribution in [0, 0.1) is 0 Å². The number of alkyl halides is 3. The van der Waals surface area contributed by atoms with Crippen LogP contribution in [0.5, 0.6) is 0 Å². The van der Waals surface area contributed by atoms with Crippen molar-refractivity contribution in [2.24, 2.45) is 0 Å². The van der Waals surface area contributed by atoms with Crippen LogP contribution in [-0.2, 0) is 11.0 Å². The zero-order valence-electron chi connectivity index (χ0n) is 7.47. The first-order valence-corrected chi connectivity index (χ1v) is 4.57. The standard InChI is InChI=1S/C9H7F3NOS/c10-9(11,12)6-3-1-2-4-7(6)13-8(14)5-15/h1-4H,5H2,(H,13,14). The highest BCUT2D eigenvalue weighted by Crippen LogP contribution is 2.34. The molecule has 0 aliphatic carbocycles. The lowest BCUT2D eigenvalue weighted by Gasteiger charge is -2.12. The Kier molecular flexibility index (Phi) is 3.62. The second kappa shape index (κ2) is 4.57. The molecule has 1 radical (unpaired) electrons. The Hall–Kier alpha value is -1.17. The molecule has 6 heteroatoms. The van der Waals surface area contributed by atoms with Crippen molar-refractivity contribution >= 4 is 24.2 Å². The van der Waals surface area contributed by atoms with E-state index in [1.165, 1.54) is 18.2 Å². The van der Waals surface area contributed by atoms with E-state index in [0.717, 1.165) is 6.07 Å². The highest BCUT2D eigenvalue weighted by atomic mass is 32.1. The summed E-state index contributed by atoms with van der Waals surface area (Å²) < 4.78 is 37.3. The maximum atomic E-state index is 12.4. The Balaban J connectivity index is 3.02. The third kappa shape index (κ3) is 3.16. The van der Waals surface area contributed by atoms with Gasteiger partial charge in [0.25, 0.3) is 0 Å². The number of amides is 1. The van der Waals surface area contributed by atoms with Gasteiger partial charge in [-0.05, 0) is 12.1 Å². The average molecular weight is 234 g/mol. The summed E-state index contributed by atoms with van der Waals surface area (Å²) in [4.78, 5) is 10.9. The molecular formula is C9H7F3NOS. The smallest absolute Gasteiger partial charge is 0.325 e. The largest absolute Gasteiger partial charge is 0.418 e. The molecule has 0 saturated heterocycles. The van der Waals surface area contributed by atoms with E-state index in [1.807, 2.05) is 0 Å². The number of nitrogens with one attached hydrogen (secondary N) is 1. The molecule has 1 amide bonds. The summed E-state index contributed by atoms with van der Waals surface area (Å²) in [7, 11) is 0. The third-order valence-corrected chi connectivity index (χ3v) is 1.90. The van der Waals surface area contributed by atoms with Gasteiger partial charge in [0.2, 0.25) is 5.91 Å². The Morgan fingerprint density at radius 3 is 2.47 bits per heavy atom. The Morgan fingerprint density at radius 2 is 1.93 bits per heavy atom. The van der Waals surface area contributed by atoms with E-state index >= 15 is 0 Å². The van der Waals surface area contributed by atoms with Gasteiger partial charge in [0.15, 0.2) is 0 Å². The Labute approximate surface area is 89.9 Å². The topological polar surface area (TPSA) is 29.1 Å². The predicted molar refractivity (Wildman–Crippen MR) is 52.5 cm³/mol. The van der Waals surface area contributed by atoms with Crippen molar-refractivity contribution in [2.45, 2.75) is 6.18 Å². The molecule has 0 atom stereocenters. The molecule has 2 nitrogen and oxygen atoms in total. The molecular weight excluding hydrogens is 227 g/mol. The van der Waals surface area contributed by atoms with Crippen LogP contribution in [0.25, 0.3) is 0 Å². The lowest BCUT2D eigenvalue weighted by atomic mass is 10.1. The Morgan fingerprint density at radius 1 is 1.33 bits per heavy atom. The second-order valence-electron chi connectivity index (χ2n) is 2.74. The van der Waals surface area contributed by atoms with Gasteiger partial charge >= 0.3 is 6.18 Å². The van der Waals surface area contributed by atoms with Crippen molar-refractivity contribution in [1.82, 2.24) is 0 Å². The normalized spacial score (nSPS) is 11.2. The molecule has 0 aliphatic heterocycles. The third-order valence-electron chi connectivity index (χ3n) is 1.64. The van der Waals surface area contributed by atoms with Crippen LogP contribution in [-0.4, -0.2) is 11.7 Å². The van der Waals surface area contributed by atoms with Crippen molar-refractivity contribution < 1.29 is 18.0 Å². The lowest BCUT2D eigenvalue weighted by Crippen LogP contribution is -2.17. The summed E-state index contributed by atoms with van der Waals surface area (Å²) >= 11 is 4.42. The lowest BCUT2D eigenvalue weighted by molar-refractivity contribution is -0.137. The Bertz CT molecular complexity index is 365. The number of carbonyl (C=O) groups excluding carboxylic acids is 1. The summed E-state index contributed by atoms with van der Waals surface area (Å²) in [6.07, 6.45) is -4.48. The first kappa shape index (κ1) is 11.9. The van der Waals surface area contributed by atoms with Crippen molar-refractivity contribution in [3.8, 4) is 0 Å². The van der Waals surface area contributed by atoms with Gasteiger partial charge in [0.05, 0.1) is 17.0 Å². The van der Waals surface area contributed by atoms with E-state index in [2.05, 4.69) is 17.9 Å². The zero-order valence-corrected chi connectivity index (χ0v) is 8.28. The summed E-state index contributed by atoms with van der Waals surface area (Å²) in [5, 5.41) is 2.10. The van der Waals surface area contributed by atoms with Crippen molar-refractivity contribution in [3.05, 3.63) is 29.8 Å². The van der Waals surface area contributed by atoms with Gasteiger partial charge in [0, 0.05) is 0 Å². The minimum absolute atomic E-state index is 0.264. The minimum Gasteiger partial charge on any atom is -0.325 e. The SMILES string of the molecule is O=C(C[S])Nc1ccccc1C(F)(F)F. The molecule has 0 heterocycles. The molecule has 15 heavy (non-hydrogen) atoms. The maximum Gasteiger partial charge on any atom is 0.418 e. The van der Waals surface area contributed by atoms with Gasteiger partial charge in [-0.2, -0.15) is 13.2 Å². The molecule has 1 aromatic carbocycles. The van der Waals surface area contributed by atoms with Crippen LogP contribution in [0.1, 0.15) is 5.56 Å². The first-order chi connectivity index (χ1) is 6.95. The molecule has 0 aliphatic rings. The monoisotopic (exact) mass is 234 g/mol. The fraction of sp³-hybridized carbons (Fsp3) is 0.222. The molecule has 0 fully saturated rings. The van der Waals surface area contributed by atoms with Gasteiger partial charge < -0.3 is 5.32 Å². The number of anilines is 1. The van der Waals surface area contributed by atoms with Crippen LogP contribution in [0.2, 0.25) is 0 Å². The van der Waals surface area contributed by atoms with Gasteiger partial charge in [-0.1, -0.05) is 24.8 Å². The van der Waals surface area contributed by atoms with Gasteiger partial charge in [-0.25, -0.2) is 0 Å². The number of carbonyl (C=O) groups is 1. The summed E-state index contributed by atoms with van der Waals surface area (Å²) in [5.41, 5.74) is -1.14. The van der Waals surface area contributed by atoms with E-state index < -0.39 is 17.6 Å². The zero-order chi connectivity index (χ0) is 11.5. The molecule has 0 saturated carbocycles. The van der Waals surface area contributed by atoms with Gasteiger partial charge in [0.1, 0.15) is 0 Å². The van der Waals surface area contributed by atoms with Gasteiger partial charge in [-0.15, -0.1) is 0 Å². The van der Waals surface area contributed by atoms with E-state index in [1.54, 1.807) is 0 Å². The van der Waals surface area contributed by atoms with E-state index in [0.29, 0.717) is 0 Å². The fourth-order valence-electron chi connectivity index (χ4n) is 1.03. The van der Waals surface area contributed by atoms with Crippen LogP contribution < -0.4 is 5.32 Å². The second-order valence-corrected chi connectivity index (χ2v) is 3.02. The molecule has 0 aromatic heterocycles. The average Bonchev–Trinajstić information content (AvgIpc) is 2.17. The number of rotatable bonds is 2. The molecule has 0 bridgehead atoms. The summed E-state index contributed by atoms with van der Waals surface area (Å²) in [6, 6.07) is 4.76. The van der Waals surface area contributed by atoms with Crippen LogP contribution in [0.3, 0.4) is 0 Å². The van der Waals surface area contributed by atoms with Crippen molar-refractivity contribution in [2.75, 3.05) is 11.1 Å². The molecule has 1 N–H and O–H groups in total. The maximum absolute atomic E-state index is 12.4. The number of hydrogen-bond acceptors (Lipinski definition) is 1. The van der Waals surface area contributed by atoms with Crippen molar-refractivity contribution in [1.29, 1.82) is 0 Å². The van der Waals surface area contributed by atoms with E-state index in [4.69, 9.17) is 0 Å². The number of halogens is 3. The van der Waals surface area contributed by atoms with Crippen LogP contribution >= 0.6 is 12.6 Å². The molecule has 0 unspecified atom stereocenters. The highest BCUT2D eigenvalue weighted by molar-refractivity contribution is 7.81. The van der Waals surface area contributed by atoms with Crippen LogP contribution in [0.15, 0.2) is 24.3 Å². The molecule has 1 aromatic rings. The number of para-hydroxylation sites is 1. The predicted octanol–water partition coefficient (Wildman–Crippen LogP) is 2.84. The van der Waals surface area contributed by atoms with Crippen molar-refractivity contribution in [3.63, 3.8) is 0 Å². The number of benzene rings is 1.